The summed E-state index contributed by atoms with van der Waals surface area (Å²) < 4.78 is 11.2. The van der Waals surface area contributed by atoms with Crippen LogP contribution in [0.4, 0.5) is 0 Å². The maximum atomic E-state index is 12.1. The molecule has 2 heterocycles. The Morgan fingerprint density at radius 2 is 2.12 bits per heavy atom. The van der Waals surface area contributed by atoms with E-state index in [1.54, 1.807) is 14.2 Å². The van der Waals surface area contributed by atoms with Gasteiger partial charge >= 0.3 is 0 Å². The van der Waals surface area contributed by atoms with E-state index < -0.39 is 0 Å². The lowest BCUT2D eigenvalue weighted by Crippen LogP contribution is -2.52. The lowest BCUT2D eigenvalue weighted by Gasteiger charge is -2.36. The molecule has 0 aromatic carbocycles. The zero-order chi connectivity index (χ0) is 17.6. The largest absolute Gasteiger partial charge is 0.381 e. The Labute approximate surface area is 145 Å². The number of carbonyl (C=O) groups is 1. The van der Waals surface area contributed by atoms with Gasteiger partial charge in [-0.2, -0.15) is 0 Å². The molecule has 7 heteroatoms. The Kier molecular flexibility index (Phi) is 6.86. The number of ether oxygens (including phenoxy) is 2. The molecule has 0 saturated carbocycles. The predicted molar refractivity (Wildman–Crippen MR) is 94.1 cm³/mol. The summed E-state index contributed by atoms with van der Waals surface area (Å²) >= 11 is 0. The molecule has 0 aromatic rings. The van der Waals surface area contributed by atoms with Crippen LogP contribution in [0.15, 0.2) is 4.99 Å². The molecular formula is C17H32N4O3. The minimum Gasteiger partial charge on any atom is -0.381 e. The third-order valence-electron chi connectivity index (χ3n) is 4.97. The van der Waals surface area contributed by atoms with Crippen molar-refractivity contribution in [2.24, 2.45) is 10.9 Å². The van der Waals surface area contributed by atoms with Crippen molar-refractivity contribution in [3.8, 4) is 0 Å². The van der Waals surface area contributed by atoms with E-state index in [0.29, 0.717) is 6.54 Å². The van der Waals surface area contributed by atoms with E-state index in [1.165, 1.54) is 0 Å². The van der Waals surface area contributed by atoms with Crippen LogP contribution in [0.1, 0.15) is 33.1 Å². The summed E-state index contributed by atoms with van der Waals surface area (Å²) in [5.41, 5.74) is -0.189. The molecule has 2 aliphatic rings. The Bertz CT molecular complexity index is 447. The van der Waals surface area contributed by atoms with Crippen LogP contribution < -0.4 is 10.6 Å². The minimum atomic E-state index is -0.189. The molecule has 2 rings (SSSR count). The highest BCUT2D eigenvalue weighted by Gasteiger charge is 2.33. The van der Waals surface area contributed by atoms with E-state index >= 15 is 0 Å². The number of rotatable bonds is 5. The third kappa shape index (κ3) is 4.83. The average molecular weight is 340 g/mol. The van der Waals surface area contributed by atoms with E-state index in [0.717, 1.165) is 51.5 Å². The van der Waals surface area contributed by atoms with E-state index in [9.17, 15) is 4.79 Å². The number of hydrogen-bond acceptors (Lipinski definition) is 4. The van der Waals surface area contributed by atoms with Gasteiger partial charge in [0, 0.05) is 71.8 Å². The molecule has 2 fully saturated rings. The molecule has 2 N–H and O–H groups in total. The summed E-state index contributed by atoms with van der Waals surface area (Å²) in [6, 6.07) is 0.243. The molecule has 0 bridgehead atoms. The van der Waals surface area contributed by atoms with Crippen LogP contribution in [0.2, 0.25) is 0 Å². The van der Waals surface area contributed by atoms with Crippen molar-refractivity contribution < 1.29 is 14.3 Å². The first-order valence-electron chi connectivity index (χ1n) is 8.88. The molecule has 1 amide bonds. The minimum absolute atomic E-state index is 0.0521. The van der Waals surface area contributed by atoms with Gasteiger partial charge in [0.1, 0.15) is 0 Å². The van der Waals surface area contributed by atoms with Crippen molar-refractivity contribution in [1.82, 2.24) is 15.5 Å². The van der Waals surface area contributed by atoms with Crippen molar-refractivity contribution >= 4 is 11.9 Å². The monoisotopic (exact) mass is 340 g/mol. The van der Waals surface area contributed by atoms with Gasteiger partial charge in [0.15, 0.2) is 5.96 Å². The number of nitrogens with one attached hydrogen (secondary N) is 2. The molecule has 0 radical (unpaired) electrons. The zero-order valence-electron chi connectivity index (χ0n) is 15.4. The number of amides is 1. The second-order valence-electron chi connectivity index (χ2n) is 6.99. The first-order chi connectivity index (χ1) is 11.5. The number of guanidine groups is 1. The van der Waals surface area contributed by atoms with Gasteiger partial charge in [-0.15, -0.1) is 0 Å². The molecule has 0 aromatic heterocycles. The topological polar surface area (TPSA) is 75.2 Å². The lowest BCUT2D eigenvalue weighted by molar-refractivity contribution is -0.133. The van der Waals surface area contributed by atoms with Gasteiger partial charge in [0.05, 0.1) is 5.60 Å². The molecule has 7 nitrogen and oxygen atoms in total. The summed E-state index contributed by atoms with van der Waals surface area (Å²) in [6.07, 6.45) is 2.71. The van der Waals surface area contributed by atoms with E-state index in [1.807, 2.05) is 18.7 Å². The highest BCUT2D eigenvalue weighted by atomic mass is 16.5. The highest BCUT2D eigenvalue weighted by molar-refractivity contribution is 5.81. The van der Waals surface area contributed by atoms with Gasteiger partial charge in [0.2, 0.25) is 5.91 Å². The van der Waals surface area contributed by atoms with Gasteiger partial charge < -0.3 is 25.0 Å². The summed E-state index contributed by atoms with van der Waals surface area (Å²) in [4.78, 5) is 18.3. The number of hydrogen-bond donors (Lipinski definition) is 2. The van der Waals surface area contributed by atoms with Gasteiger partial charge in [-0.05, 0) is 6.42 Å². The van der Waals surface area contributed by atoms with E-state index in [2.05, 4.69) is 15.6 Å². The van der Waals surface area contributed by atoms with Crippen LogP contribution in [0.5, 0.6) is 0 Å². The molecule has 2 aliphatic heterocycles. The van der Waals surface area contributed by atoms with Crippen molar-refractivity contribution in [2.75, 3.05) is 47.0 Å². The van der Waals surface area contributed by atoms with E-state index in [4.69, 9.17) is 9.47 Å². The van der Waals surface area contributed by atoms with Crippen LogP contribution in [-0.4, -0.2) is 75.4 Å². The van der Waals surface area contributed by atoms with Crippen molar-refractivity contribution in [3.63, 3.8) is 0 Å². The molecule has 0 spiro atoms. The van der Waals surface area contributed by atoms with Crippen LogP contribution in [0, 0.1) is 5.92 Å². The molecule has 1 atom stereocenters. The third-order valence-corrected chi connectivity index (χ3v) is 4.97. The molecular weight excluding hydrogens is 308 g/mol. The number of methoxy groups -OCH3 is 1. The summed E-state index contributed by atoms with van der Waals surface area (Å²) in [5, 5.41) is 6.81. The standard InChI is InChI=1S/C17H32N4O3/c1-13(2)15(22)21-8-5-14(11-21)20-16(18-3)19-12-17(23-4)6-9-24-10-7-17/h13-14H,5-12H2,1-4H3,(H2,18,19,20). The van der Waals surface area contributed by atoms with Crippen molar-refractivity contribution in [2.45, 2.75) is 44.8 Å². The second kappa shape index (κ2) is 8.67. The number of aliphatic imine (C=N–C) groups is 1. The van der Waals surface area contributed by atoms with E-state index in [-0.39, 0.29) is 23.5 Å². The normalized spacial score (nSPS) is 24.3. The van der Waals surface area contributed by atoms with Crippen molar-refractivity contribution in [3.05, 3.63) is 0 Å². The maximum Gasteiger partial charge on any atom is 0.225 e. The van der Waals surface area contributed by atoms with Gasteiger partial charge in [0.25, 0.3) is 0 Å². The fourth-order valence-corrected chi connectivity index (χ4v) is 3.27. The maximum absolute atomic E-state index is 12.1. The molecule has 2 saturated heterocycles. The number of nitrogens with zero attached hydrogens (tertiary/aromatic N) is 2. The molecule has 1 unspecified atom stereocenters. The highest BCUT2D eigenvalue weighted by Crippen LogP contribution is 2.23. The Morgan fingerprint density at radius 3 is 2.71 bits per heavy atom. The summed E-state index contributed by atoms with van der Waals surface area (Å²) in [7, 11) is 3.53. The molecule has 24 heavy (non-hydrogen) atoms. The number of likely N-dealkylation sites (tertiary alicyclic amines) is 1. The Morgan fingerprint density at radius 1 is 1.42 bits per heavy atom. The van der Waals surface area contributed by atoms with Crippen molar-refractivity contribution in [1.29, 1.82) is 0 Å². The van der Waals surface area contributed by atoms with Crippen LogP contribution in [-0.2, 0) is 14.3 Å². The van der Waals surface area contributed by atoms with Crippen LogP contribution in [0.25, 0.3) is 0 Å². The second-order valence-corrected chi connectivity index (χ2v) is 6.99. The Balaban J connectivity index is 1.81. The van der Waals surface area contributed by atoms with Crippen LogP contribution >= 0.6 is 0 Å². The SMILES string of the molecule is CN=C(NCC1(OC)CCOCC1)NC1CCN(C(=O)C(C)C)C1. The Hall–Kier alpha value is -1.34. The lowest BCUT2D eigenvalue weighted by atomic mass is 9.94. The summed E-state index contributed by atoms with van der Waals surface area (Å²) in [6.45, 7) is 7.61. The molecule has 138 valence electrons. The molecule has 0 aliphatic carbocycles. The first-order valence-corrected chi connectivity index (χ1v) is 8.88. The number of carbonyl (C=O) groups excluding carboxylic acids is 1. The van der Waals surface area contributed by atoms with Gasteiger partial charge in [-0.25, -0.2) is 0 Å². The smallest absolute Gasteiger partial charge is 0.225 e. The predicted octanol–water partition coefficient (Wildman–Crippen LogP) is 0.604. The van der Waals surface area contributed by atoms with Gasteiger partial charge in [-0.1, -0.05) is 13.8 Å². The fourth-order valence-electron chi connectivity index (χ4n) is 3.27. The zero-order valence-corrected chi connectivity index (χ0v) is 15.4. The summed E-state index contributed by atoms with van der Waals surface area (Å²) in [5.74, 6) is 1.04. The average Bonchev–Trinajstić information content (AvgIpc) is 3.07. The first kappa shape index (κ1) is 19.0. The van der Waals surface area contributed by atoms with Gasteiger partial charge in [-0.3, -0.25) is 9.79 Å². The quantitative estimate of drug-likeness (QED) is 0.566. The fraction of sp³-hybridized carbons (Fsp3) is 0.882. The van der Waals surface area contributed by atoms with Crippen LogP contribution in [0.3, 0.4) is 0 Å².